The van der Waals surface area contributed by atoms with Gasteiger partial charge < -0.3 is 11.1 Å². The summed E-state index contributed by atoms with van der Waals surface area (Å²) in [7, 11) is -1.38. The molecule has 1 amide bonds. The van der Waals surface area contributed by atoms with Crippen LogP contribution in [0.15, 0.2) is 47.4 Å². The summed E-state index contributed by atoms with van der Waals surface area (Å²) in [5.41, 5.74) is 9.01. The maximum atomic E-state index is 12.2. The third kappa shape index (κ3) is 4.16. The minimum atomic E-state index is -1.38. The Labute approximate surface area is 126 Å². The van der Waals surface area contributed by atoms with E-state index in [1.54, 1.807) is 24.3 Å². The first-order chi connectivity index (χ1) is 9.95. The first-order valence-corrected chi connectivity index (χ1v) is 7.88. The van der Waals surface area contributed by atoms with Crippen LogP contribution >= 0.6 is 0 Å². The van der Waals surface area contributed by atoms with Crippen LogP contribution in [0.5, 0.6) is 0 Å². The van der Waals surface area contributed by atoms with Gasteiger partial charge in [-0.05, 0) is 55.3 Å². The van der Waals surface area contributed by atoms with Crippen molar-refractivity contribution < 1.29 is 9.00 Å². The molecule has 0 bridgehead atoms. The van der Waals surface area contributed by atoms with Crippen molar-refractivity contribution in [2.45, 2.75) is 18.7 Å². The smallest absolute Gasteiger partial charge is 0.237 e. The van der Waals surface area contributed by atoms with E-state index >= 15 is 0 Å². The number of anilines is 2. The van der Waals surface area contributed by atoms with Crippen LogP contribution in [0, 0.1) is 13.8 Å². The van der Waals surface area contributed by atoms with Gasteiger partial charge in [-0.15, -0.1) is 0 Å². The Kier molecular flexibility index (Phi) is 4.75. The number of carbonyl (C=O) groups excluding carboxylic acids is 1. The zero-order chi connectivity index (χ0) is 15.4. The van der Waals surface area contributed by atoms with E-state index in [9.17, 15) is 9.00 Å². The summed E-state index contributed by atoms with van der Waals surface area (Å²) >= 11 is 0. The third-order valence-corrected chi connectivity index (χ3v) is 4.37. The third-order valence-electron chi connectivity index (χ3n) is 3.07. The van der Waals surface area contributed by atoms with Gasteiger partial charge in [0.1, 0.15) is 5.75 Å². The number of carbonyl (C=O) groups is 1. The van der Waals surface area contributed by atoms with Crippen LogP contribution in [0.3, 0.4) is 0 Å². The number of hydrogen-bond acceptors (Lipinski definition) is 3. The molecule has 5 heteroatoms. The average Bonchev–Trinajstić information content (AvgIpc) is 2.41. The van der Waals surface area contributed by atoms with Gasteiger partial charge in [-0.25, -0.2) is 0 Å². The number of nitrogens with one attached hydrogen (secondary N) is 1. The topological polar surface area (TPSA) is 72.2 Å². The molecule has 0 heterocycles. The molecule has 110 valence electrons. The highest BCUT2D eigenvalue weighted by Crippen LogP contribution is 2.16. The Morgan fingerprint density at radius 1 is 1.19 bits per heavy atom. The minimum Gasteiger partial charge on any atom is -0.399 e. The van der Waals surface area contributed by atoms with Crippen molar-refractivity contribution in [3.05, 3.63) is 53.6 Å². The summed E-state index contributed by atoms with van der Waals surface area (Å²) in [6.45, 7) is 3.80. The highest BCUT2D eigenvalue weighted by molar-refractivity contribution is 7.85. The van der Waals surface area contributed by atoms with E-state index in [-0.39, 0.29) is 11.7 Å². The normalized spacial score (nSPS) is 11.9. The second kappa shape index (κ2) is 6.54. The standard InChI is InChI=1S/C16H18N2O2S/c1-11-4-3-5-13(8-11)18-16(19)10-21(20)14-6-7-15(17)12(2)9-14/h3-9H,10,17H2,1-2H3,(H,18,19). The second-order valence-corrected chi connectivity index (χ2v) is 6.38. The molecule has 0 radical (unpaired) electrons. The molecule has 0 aliphatic heterocycles. The lowest BCUT2D eigenvalue weighted by Crippen LogP contribution is -2.19. The van der Waals surface area contributed by atoms with Crippen molar-refractivity contribution in [3.8, 4) is 0 Å². The zero-order valence-corrected chi connectivity index (χ0v) is 12.9. The summed E-state index contributed by atoms with van der Waals surface area (Å²) in [6.07, 6.45) is 0. The molecular formula is C16H18N2O2S. The summed E-state index contributed by atoms with van der Waals surface area (Å²) in [5.74, 6) is -0.342. The second-order valence-electron chi connectivity index (χ2n) is 4.93. The molecular weight excluding hydrogens is 284 g/mol. The molecule has 21 heavy (non-hydrogen) atoms. The molecule has 2 aromatic rings. The van der Waals surface area contributed by atoms with E-state index in [0.717, 1.165) is 11.1 Å². The fourth-order valence-corrected chi connectivity index (χ4v) is 2.92. The van der Waals surface area contributed by atoms with E-state index in [1.165, 1.54) is 0 Å². The van der Waals surface area contributed by atoms with Gasteiger partial charge in [0.05, 0.1) is 10.8 Å². The monoisotopic (exact) mass is 302 g/mol. The van der Waals surface area contributed by atoms with Gasteiger partial charge in [0.25, 0.3) is 0 Å². The summed E-state index contributed by atoms with van der Waals surface area (Å²) < 4.78 is 12.2. The molecule has 4 nitrogen and oxygen atoms in total. The van der Waals surface area contributed by atoms with Crippen LogP contribution in [0.4, 0.5) is 11.4 Å². The van der Waals surface area contributed by atoms with Crippen molar-refractivity contribution >= 4 is 28.1 Å². The summed E-state index contributed by atoms with van der Waals surface area (Å²) in [5, 5.41) is 2.75. The quantitative estimate of drug-likeness (QED) is 0.853. The Hall–Kier alpha value is -2.14. The van der Waals surface area contributed by atoms with Gasteiger partial charge in [0.2, 0.25) is 5.91 Å². The number of nitrogen functional groups attached to an aromatic ring is 1. The number of rotatable bonds is 4. The molecule has 0 fully saturated rings. The summed E-state index contributed by atoms with van der Waals surface area (Å²) in [6, 6.07) is 12.6. The Morgan fingerprint density at radius 3 is 2.62 bits per heavy atom. The lowest BCUT2D eigenvalue weighted by atomic mass is 10.2. The van der Waals surface area contributed by atoms with Crippen molar-refractivity contribution in [3.63, 3.8) is 0 Å². The molecule has 0 aliphatic rings. The van der Waals surface area contributed by atoms with Crippen LogP contribution in [0.1, 0.15) is 11.1 Å². The SMILES string of the molecule is Cc1cccc(NC(=O)CS(=O)c2ccc(N)c(C)c2)c1. The molecule has 0 spiro atoms. The summed E-state index contributed by atoms with van der Waals surface area (Å²) in [4.78, 5) is 12.5. The number of amides is 1. The van der Waals surface area contributed by atoms with Crippen molar-refractivity contribution in [1.29, 1.82) is 0 Å². The first kappa shape index (κ1) is 15.3. The maximum absolute atomic E-state index is 12.2. The number of hydrogen-bond donors (Lipinski definition) is 2. The van der Waals surface area contributed by atoms with E-state index < -0.39 is 10.8 Å². The van der Waals surface area contributed by atoms with Gasteiger partial charge in [-0.3, -0.25) is 9.00 Å². The van der Waals surface area contributed by atoms with Crippen LogP contribution in [-0.4, -0.2) is 15.9 Å². The lowest BCUT2D eigenvalue weighted by molar-refractivity contribution is -0.113. The van der Waals surface area contributed by atoms with Gasteiger partial charge in [-0.1, -0.05) is 12.1 Å². The molecule has 0 saturated carbocycles. The van der Waals surface area contributed by atoms with Crippen LogP contribution in [-0.2, 0) is 15.6 Å². The fraction of sp³-hybridized carbons (Fsp3) is 0.188. The van der Waals surface area contributed by atoms with Crippen molar-refractivity contribution in [2.24, 2.45) is 0 Å². The molecule has 1 unspecified atom stereocenters. The highest BCUT2D eigenvalue weighted by atomic mass is 32.2. The van der Waals surface area contributed by atoms with Crippen LogP contribution < -0.4 is 11.1 Å². The van der Waals surface area contributed by atoms with E-state index in [0.29, 0.717) is 16.3 Å². The zero-order valence-electron chi connectivity index (χ0n) is 12.1. The number of aryl methyl sites for hydroxylation is 2. The number of benzene rings is 2. The lowest BCUT2D eigenvalue weighted by Gasteiger charge is -2.07. The Bertz CT molecular complexity index is 698. The van der Waals surface area contributed by atoms with Gasteiger partial charge in [-0.2, -0.15) is 0 Å². The van der Waals surface area contributed by atoms with Crippen LogP contribution in [0.2, 0.25) is 0 Å². The predicted molar refractivity (Wildman–Crippen MR) is 86.7 cm³/mol. The first-order valence-electron chi connectivity index (χ1n) is 6.57. The predicted octanol–water partition coefficient (Wildman–Crippen LogP) is 2.63. The van der Waals surface area contributed by atoms with Gasteiger partial charge >= 0.3 is 0 Å². The van der Waals surface area contributed by atoms with Crippen LogP contribution in [0.25, 0.3) is 0 Å². The fourth-order valence-electron chi connectivity index (χ4n) is 1.91. The largest absolute Gasteiger partial charge is 0.399 e. The molecule has 2 aromatic carbocycles. The molecule has 0 aromatic heterocycles. The number of nitrogens with two attached hydrogens (primary N) is 1. The van der Waals surface area contributed by atoms with Gasteiger partial charge in [0.15, 0.2) is 0 Å². The highest BCUT2D eigenvalue weighted by Gasteiger charge is 2.11. The van der Waals surface area contributed by atoms with E-state index in [4.69, 9.17) is 5.73 Å². The average molecular weight is 302 g/mol. The molecule has 0 saturated heterocycles. The Balaban J connectivity index is 2.02. The Morgan fingerprint density at radius 2 is 1.95 bits per heavy atom. The van der Waals surface area contributed by atoms with E-state index in [2.05, 4.69) is 5.32 Å². The van der Waals surface area contributed by atoms with Crippen molar-refractivity contribution in [2.75, 3.05) is 16.8 Å². The minimum absolute atomic E-state index is 0.0721. The molecule has 0 aliphatic carbocycles. The molecule has 3 N–H and O–H groups in total. The van der Waals surface area contributed by atoms with E-state index in [1.807, 2.05) is 32.0 Å². The molecule has 1 atom stereocenters. The van der Waals surface area contributed by atoms with Crippen molar-refractivity contribution in [1.82, 2.24) is 0 Å². The maximum Gasteiger partial charge on any atom is 0.237 e. The molecule has 2 rings (SSSR count). The van der Waals surface area contributed by atoms with Gasteiger partial charge in [0, 0.05) is 16.3 Å².